The quantitative estimate of drug-likeness (QED) is 0.782. The molecule has 2 rings (SSSR count). The fraction of sp³-hybridized carbons (Fsp3) is 0.900. The van der Waals surface area contributed by atoms with Crippen LogP contribution in [0.1, 0.15) is 68.2 Å². The zero-order chi connectivity index (χ0) is 18.6. The van der Waals surface area contributed by atoms with Crippen molar-refractivity contribution in [1.29, 1.82) is 0 Å². The van der Waals surface area contributed by atoms with Gasteiger partial charge in [-0.25, -0.2) is 0 Å². The molecule has 0 N–H and O–H groups in total. The van der Waals surface area contributed by atoms with Gasteiger partial charge >= 0.3 is 0 Å². The smallest absolute Gasteiger partial charge is 0.223 e. The molecule has 0 spiro atoms. The number of rotatable bonds is 4. The van der Waals surface area contributed by atoms with E-state index in [1.807, 2.05) is 9.80 Å². The molecule has 0 radical (unpaired) electrons. The average molecular weight is 339 g/mol. The SMILES string of the molecule is CC(C)C1CC(=O)N(C(C)C)C1.CC(C)C1CC(=O)N(C(C)C)C1. The second-order valence-corrected chi connectivity index (χ2v) is 8.70. The van der Waals surface area contributed by atoms with Crippen LogP contribution >= 0.6 is 0 Å². The predicted octanol–water partition coefficient (Wildman–Crippen LogP) is 3.80. The lowest BCUT2D eigenvalue weighted by Gasteiger charge is -2.21. The van der Waals surface area contributed by atoms with Crippen molar-refractivity contribution >= 4 is 11.8 Å². The van der Waals surface area contributed by atoms with Gasteiger partial charge in [-0.3, -0.25) is 9.59 Å². The molecule has 2 aliphatic rings. The van der Waals surface area contributed by atoms with Gasteiger partial charge in [0, 0.05) is 38.0 Å². The molecule has 2 aliphatic heterocycles. The standard InChI is InChI=1S/2C10H19NO/c2*1-7(2)9-5-10(12)11(6-9)8(3)4/h2*7-9H,5-6H2,1-4H3. The topological polar surface area (TPSA) is 40.6 Å². The highest BCUT2D eigenvalue weighted by atomic mass is 16.2. The fourth-order valence-corrected chi connectivity index (χ4v) is 3.41. The molecule has 4 nitrogen and oxygen atoms in total. The Morgan fingerprint density at radius 3 is 1.08 bits per heavy atom. The molecule has 0 aromatic carbocycles. The molecule has 2 heterocycles. The van der Waals surface area contributed by atoms with Gasteiger partial charge in [0.1, 0.15) is 0 Å². The van der Waals surface area contributed by atoms with Gasteiger partial charge in [0.15, 0.2) is 0 Å². The third-order valence-electron chi connectivity index (χ3n) is 5.51. The molecule has 0 aliphatic carbocycles. The number of carbonyl (C=O) groups is 2. The molecule has 2 amide bonds. The second kappa shape index (κ2) is 8.87. The molecule has 4 heteroatoms. The molecular weight excluding hydrogens is 300 g/mol. The van der Waals surface area contributed by atoms with Gasteiger partial charge < -0.3 is 9.80 Å². The largest absolute Gasteiger partial charge is 0.340 e. The van der Waals surface area contributed by atoms with Gasteiger partial charge in [-0.05, 0) is 51.4 Å². The summed E-state index contributed by atoms with van der Waals surface area (Å²) in [6.07, 6.45) is 1.52. The first-order valence-corrected chi connectivity index (χ1v) is 9.63. The molecule has 2 atom stereocenters. The van der Waals surface area contributed by atoms with Crippen LogP contribution < -0.4 is 0 Å². The Kier molecular flexibility index (Phi) is 7.75. The molecule has 0 bridgehead atoms. The van der Waals surface area contributed by atoms with E-state index in [1.54, 1.807) is 0 Å². The first-order chi connectivity index (χ1) is 11.0. The van der Waals surface area contributed by atoms with Gasteiger partial charge in [-0.15, -0.1) is 0 Å². The molecule has 0 aromatic rings. The maximum Gasteiger partial charge on any atom is 0.223 e. The number of amides is 2. The summed E-state index contributed by atoms with van der Waals surface area (Å²) < 4.78 is 0. The molecule has 0 aromatic heterocycles. The summed E-state index contributed by atoms with van der Waals surface area (Å²) in [4.78, 5) is 26.9. The maximum absolute atomic E-state index is 11.5. The maximum atomic E-state index is 11.5. The van der Waals surface area contributed by atoms with Crippen LogP contribution in [0.2, 0.25) is 0 Å². The number of carbonyl (C=O) groups excluding carboxylic acids is 2. The molecular formula is C20H38N2O2. The van der Waals surface area contributed by atoms with E-state index in [0.29, 0.717) is 47.6 Å². The van der Waals surface area contributed by atoms with E-state index in [0.717, 1.165) is 25.9 Å². The van der Waals surface area contributed by atoms with E-state index in [4.69, 9.17) is 0 Å². The first kappa shape index (κ1) is 21.0. The lowest BCUT2D eigenvalue weighted by atomic mass is 9.95. The highest BCUT2D eigenvalue weighted by Crippen LogP contribution is 2.26. The van der Waals surface area contributed by atoms with Crippen LogP contribution in [-0.2, 0) is 9.59 Å². The average Bonchev–Trinajstić information content (AvgIpc) is 3.03. The van der Waals surface area contributed by atoms with E-state index in [2.05, 4.69) is 55.4 Å². The van der Waals surface area contributed by atoms with Crippen LogP contribution in [-0.4, -0.2) is 46.8 Å². The highest BCUT2D eigenvalue weighted by molar-refractivity contribution is 5.79. The Balaban J connectivity index is 0.000000240. The van der Waals surface area contributed by atoms with Gasteiger partial charge in [0.2, 0.25) is 11.8 Å². The predicted molar refractivity (Wildman–Crippen MR) is 99.6 cm³/mol. The molecule has 0 saturated carbocycles. The summed E-state index contributed by atoms with van der Waals surface area (Å²) >= 11 is 0. The number of hydrogen-bond acceptors (Lipinski definition) is 2. The Labute approximate surface area is 149 Å². The Hall–Kier alpha value is -1.06. The Bertz CT molecular complexity index is 389. The summed E-state index contributed by atoms with van der Waals surface area (Å²) in [6, 6.07) is 0.752. The van der Waals surface area contributed by atoms with E-state index in [1.165, 1.54) is 0 Å². The minimum Gasteiger partial charge on any atom is -0.340 e. The lowest BCUT2D eigenvalue weighted by molar-refractivity contribution is -0.129. The van der Waals surface area contributed by atoms with Crippen molar-refractivity contribution in [2.24, 2.45) is 23.7 Å². The lowest BCUT2D eigenvalue weighted by Crippen LogP contribution is -2.32. The van der Waals surface area contributed by atoms with Gasteiger partial charge in [0.05, 0.1) is 0 Å². The Morgan fingerprint density at radius 1 is 0.667 bits per heavy atom. The van der Waals surface area contributed by atoms with Gasteiger partial charge in [-0.2, -0.15) is 0 Å². The van der Waals surface area contributed by atoms with Crippen LogP contribution in [0.25, 0.3) is 0 Å². The number of hydrogen-bond donors (Lipinski definition) is 0. The molecule has 2 unspecified atom stereocenters. The van der Waals surface area contributed by atoms with E-state index in [9.17, 15) is 9.59 Å². The molecule has 140 valence electrons. The van der Waals surface area contributed by atoms with Crippen LogP contribution in [0.3, 0.4) is 0 Å². The van der Waals surface area contributed by atoms with Crippen molar-refractivity contribution in [3.05, 3.63) is 0 Å². The van der Waals surface area contributed by atoms with Crippen molar-refractivity contribution in [2.45, 2.75) is 80.3 Å². The third-order valence-corrected chi connectivity index (χ3v) is 5.51. The zero-order valence-electron chi connectivity index (χ0n) is 17.0. The second-order valence-electron chi connectivity index (χ2n) is 8.70. The number of nitrogens with zero attached hydrogens (tertiary/aromatic N) is 2. The zero-order valence-corrected chi connectivity index (χ0v) is 17.0. The molecule has 2 fully saturated rings. The fourth-order valence-electron chi connectivity index (χ4n) is 3.41. The summed E-state index contributed by atoms with van der Waals surface area (Å²) in [5.74, 6) is 3.11. The van der Waals surface area contributed by atoms with Crippen LogP contribution in [0.5, 0.6) is 0 Å². The summed E-state index contributed by atoms with van der Waals surface area (Å²) in [7, 11) is 0. The van der Waals surface area contributed by atoms with E-state index in [-0.39, 0.29) is 0 Å². The van der Waals surface area contributed by atoms with Crippen molar-refractivity contribution in [3.8, 4) is 0 Å². The van der Waals surface area contributed by atoms with E-state index < -0.39 is 0 Å². The first-order valence-electron chi connectivity index (χ1n) is 9.63. The molecule has 2 saturated heterocycles. The van der Waals surface area contributed by atoms with Gasteiger partial charge in [0.25, 0.3) is 0 Å². The van der Waals surface area contributed by atoms with Crippen molar-refractivity contribution < 1.29 is 9.59 Å². The van der Waals surface area contributed by atoms with Crippen molar-refractivity contribution in [2.75, 3.05) is 13.1 Å². The summed E-state index contributed by atoms with van der Waals surface area (Å²) in [5, 5.41) is 0. The minimum atomic E-state index is 0.337. The normalized spacial score (nSPS) is 24.7. The van der Waals surface area contributed by atoms with Gasteiger partial charge in [-0.1, -0.05) is 27.7 Å². The summed E-state index contributed by atoms with van der Waals surface area (Å²) in [6.45, 7) is 19.1. The minimum absolute atomic E-state index is 0.337. The monoisotopic (exact) mass is 338 g/mol. The third kappa shape index (κ3) is 5.49. The van der Waals surface area contributed by atoms with Crippen molar-refractivity contribution in [1.82, 2.24) is 9.80 Å². The van der Waals surface area contributed by atoms with Crippen LogP contribution in [0.15, 0.2) is 0 Å². The summed E-state index contributed by atoms with van der Waals surface area (Å²) in [5.41, 5.74) is 0. The van der Waals surface area contributed by atoms with Crippen LogP contribution in [0, 0.1) is 23.7 Å². The van der Waals surface area contributed by atoms with Crippen molar-refractivity contribution in [3.63, 3.8) is 0 Å². The molecule has 24 heavy (non-hydrogen) atoms. The highest BCUT2D eigenvalue weighted by Gasteiger charge is 2.33. The Morgan fingerprint density at radius 2 is 0.958 bits per heavy atom. The van der Waals surface area contributed by atoms with E-state index >= 15 is 0 Å². The van der Waals surface area contributed by atoms with Crippen LogP contribution in [0.4, 0.5) is 0 Å². The number of likely N-dealkylation sites (tertiary alicyclic amines) is 2.